The van der Waals surface area contributed by atoms with Crippen LogP contribution in [0.5, 0.6) is 0 Å². The van der Waals surface area contributed by atoms with Gasteiger partial charge in [-0.1, -0.05) is 18.2 Å². The van der Waals surface area contributed by atoms with Crippen molar-refractivity contribution in [2.45, 2.75) is 12.7 Å². The van der Waals surface area contributed by atoms with Gasteiger partial charge in [0, 0.05) is 25.4 Å². The maximum absolute atomic E-state index is 14.0. The predicted molar refractivity (Wildman–Crippen MR) is 89.1 cm³/mol. The zero-order chi connectivity index (χ0) is 19.9. The van der Waals surface area contributed by atoms with E-state index in [1.165, 1.54) is 17.2 Å². The number of halogens is 6. The largest absolute Gasteiger partial charge is 0.417 e. The van der Waals surface area contributed by atoms with E-state index < -0.39 is 40.2 Å². The molecule has 0 saturated carbocycles. The molecule has 1 aromatic carbocycles. The number of amides is 2. The Bertz CT molecular complexity index is 945. The van der Waals surface area contributed by atoms with Gasteiger partial charge in [-0.3, -0.25) is 0 Å². The number of nitrogens with one attached hydrogen (secondary N) is 1. The van der Waals surface area contributed by atoms with Gasteiger partial charge in [-0.15, -0.1) is 0 Å². The summed E-state index contributed by atoms with van der Waals surface area (Å²) in [5.74, 6) is -1.96. The number of rotatable bonds is 1. The molecular weight excluding hydrogens is 393 g/mol. The van der Waals surface area contributed by atoms with Crippen molar-refractivity contribution in [3.63, 3.8) is 0 Å². The van der Waals surface area contributed by atoms with E-state index in [2.05, 4.69) is 16.9 Å². The van der Waals surface area contributed by atoms with Crippen molar-refractivity contribution in [2.24, 2.45) is 0 Å². The third-order valence-electron chi connectivity index (χ3n) is 3.97. The van der Waals surface area contributed by atoms with Crippen LogP contribution in [-0.2, 0) is 12.7 Å². The average molecular weight is 404 g/mol. The van der Waals surface area contributed by atoms with Crippen LogP contribution < -0.4 is 5.32 Å². The molecule has 0 spiro atoms. The lowest BCUT2D eigenvalue weighted by Crippen LogP contribution is -2.38. The first-order valence-corrected chi connectivity index (χ1v) is 7.89. The number of hydrogen-bond acceptors (Lipinski definition) is 2. The zero-order valence-electron chi connectivity index (χ0n) is 13.5. The van der Waals surface area contributed by atoms with E-state index in [0.717, 1.165) is 0 Å². The van der Waals surface area contributed by atoms with Crippen molar-refractivity contribution in [3.8, 4) is 0 Å². The van der Waals surface area contributed by atoms with Gasteiger partial charge in [0.15, 0.2) is 0 Å². The maximum atomic E-state index is 14.0. The Hall–Kier alpha value is -2.68. The van der Waals surface area contributed by atoms with Crippen LogP contribution in [-0.4, -0.2) is 22.5 Å². The topological polar surface area (TPSA) is 45.2 Å². The van der Waals surface area contributed by atoms with Crippen LogP contribution in [0.2, 0.25) is 5.02 Å². The third kappa shape index (κ3) is 3.87. The molecule has 0 atom stereocenters. The van der Waals surface area contributed by atoms with Gasteiger partial charge < -0.3 is 10.2 Å². The molecule has 10 heteroatoms. The molecule has 0 unspecified atom stereocenters. The lowest BCUT2D eigenvalue weighted by atomic mass is 9.98. The Morgan fingerprint density at radius 1 is 1.22 bits per heavy atom. The van der Waals surface area contributed by atoms with Gasteiger partial charge in [0.1, 0.15) is 5.82 Å². The normalized spacial score (nSPS) is 14.1. The minimum absolute atomic E-state index is 0.0261. The van der Waals surface area contributed by atoms with Crippen LogP contribution in [0, 0.1) is 11.8 Å². The fourth-order valence-corrected chi connectivity index (χ4v) is 2.96. The van der Waals surface area contributed by atoms with Crippen LogP contribution in [0.15, 0.2) is 31.0 Å². The van der Waals surface area contributed by atoms with Gasteiger partial charge in [0.2, 0.25) is 5.95 Å². The van der Waals surface area contributed by atoms with Gasteiger partial charge >= 0.3 is 12.2 Å². The molecule has 142 valence electrons. The Labute approximate surface area is 155 Å². The number of anilines is 1. The number of carbonyl (C=O) groups is 1. The highest BCUT2D eigenvalue weighted by Gasteiger charge is 2.34. The molecule has 4 nitrogen and oxygen atoms in total. The smallest absolute Gasteiger partial charge is 0.316 e. The van der Waals surface area contributed by atoms with Gasteiger partial charge in [-0.05, 0) is 28.8 Å². The van der Waals surface area contributed by atoms with E-state index >= 15 is 0 Å². The second-order valence-electron chi connectivity index (χ2n) is 5.86. The van der Waals surface area contributed by atoms with Crippen LogP contribution in [0.3, 0.4) is 0 Å². The number of alkyl halides is 3. The lowest BCUT2D eigenvalue weighted by Gasteiger charge is -2.30. The molecule has 27 heavy (non-hydrogen) atoms. The molecular formula is C17H11ClF5N3O. The summed E-state index contributed by atoms with van der Waals surface area (Å²) in [6.07, 6.45) is -3.57. The quantitative estimate of drug-likeness (QED) is 0.532. The predicted octanol–water partition coefficient (Wildman–Crippen LogP) is 5.09. The van der Waals surface area contributed by atoms with Crippen molar-refractivity contribution in [1.29, 1.82) is 0 Å². The Balaban J connectivity index is 1.81. The second-order valence-corrected chi connectivity index (χ2v) is 6.27. The molecule has 2 aromatic rings. The first-order chi connectivity index (χ1) is 12.6. The highest BCUT2D eigenvalue weighted by atomic mass is 35.5. The third-order valence-corrected chi connectivity index (χ3v) is 4.28. The highest BCUT2D eigenvalue weighted by molar-refractivity contribution is 6.31. The molecule has 2 amide bonds. The minimum atomic E-state index is -4.82. The van der Waals surface area contributed by atoms with Gasteiger partial charge in [0.25, 0.3) is 0 Å². The summed E-state index contributed by atoms with van der Waals surface area (Å²) in [6, 6.07) is 1.33. The van der Waals surface area contributed by atoms with Crippen LogP contribution >= 0.6 is 11.6 Å². The van der Waals surface area contributed by atoms with Crippen molar-refractivity contribution in [1.82, 2.24) is 9.88 Å². The van der Waals surface area contributed by atoms with Crippen molar-refractivity contribution < 1.29 is 26.7 Å². The number of nitrogens with zero attached hydrogens (tertiary/aromatic N) is 2. The summed E-state index contributed by atoms with van der Waals surface area (Å²) in [5.41, 5.74) is -0.331. The van der Waals surface area contributed by atoms with E-state index in [4.69, 9.17) is 11.6 Å². The number of aromatic nitrogens is 1. The van der Waals surface area contributed by atoms with Crippen molar-refractivity contribution >= 4 is 28.9 Å². The molecule has 2 heterocycles. The molecule has 0 saturated heterocycles. The standard InChI is InChI=1S/C17H11ClF5N3O/c1-8-6-26(7-9-5-24-15(20)2-10(8)9)16(27)25-14-4-12(18)11(3-13(14)19)17(21,22)23/h2-5H,1,6-7H2,(H,25,27). The number of hydrogen-bond donors (Lipinski definition) is 1. The molecule has 0 aliphatic carbocycles. The molecule has 0 radical (unpaired) electrons. The van der Waals surface area contributed by atoms with E-state index in [0.29, 0.717) is 22.8 Å². The molecule has 1 aliphatic heterocycles. The Morgan fingerprint density at radius 3 is 2.59 bits per heavy atom. The van der Waals surface area contributed by atoms with Gasteiger partial charge in [-0.25, -0.2) is 14.2 Å². The molecule has 1 aromatic heterocycles. The maximum Gasteiger partial charge on any atom is 0.417 e. The summed E-state index contributed by atoms with van der Waals surface area (Å²) in [6.45, 7) is 3.84. The summed E-state index contributed by atoms with van der Waals surface area (Å²) in [7, 11) is 0. The van der Waals surface area contributed by atoms with Gasteiger partial charge in [0.05, 0.1) is 16.3 Å². The molecule has 0 bridgehead atoms. The van der Waals surface area contributed by atoms with Crippen molar-refractivity contribution in [2.75, 3.05) is 11.9 Å². The summed E-state index contributed by atoms with van der Waals surface area (Å²) >= 11 is 5.55. The number of carbonyl (C=O) groups excluding carboxylic acids is 1. The van der Waals surface area contributed by atoms with Crippen LogP contribution in [0.1, 0.15) is 16.7 Å². The molecule has 0 fully saturated rings. The van der Waals surface area contributed by atoms with Crippen LogP contribution in [0.4, 0.5) is 32.4 Å². The van der Waals surface area contributed by atoms with Gasteiger partial charge in [-0.2, -0.15) is 17.6 Å². The summed E-state index contributed by atoms with van der Waals surface area (Å²) in [5, 5.41) is 1.44. The second kappa shape index (κ2) is 6.80. The molecule has 1 aliphatic rings. The fourth-order valence-electron chi connectivity index (χ4n) is 2.69. The molecule has 1 N–H and O–H groups in total. The van der Waals surface area contributed by atoms with E-state index in [1.54, 1.807) is 0 Å². The number of pyridine rings is 1. The number of benzene rings is 1. The average Bonchev–Trinajstić information content (AvgIpc) is 2.57. The molecule has 3 rings (SSSR count). The SMILES string of the molecule is C=C1CN(C(=O)Nc2cc(Cl)c(C(F)(F)F)cc2F)Cc2cnc(F)cc21. The number of urea groups is 1. The van der Waals surface area contributed by atoms with E-state index in [9.17, 15) is 26.7 Å². The Morgan fingerprint density at radius 2 is 1.93 bits per heavy atom. The highest BCUT2D eigenvalue weighted by Crippen LogP contribution is 2.37. The first kappa shape index (κ1) is 19.1. The van der Waals surface area contributed by atoms with Crippen molar-refractivity contribution in [3.05, 3.63) is 64.5 Å². The van der Waals surface area contributed by atoms with E-state index in [1.807, 2.05) is 0 Å². The van der Waals surface area contributed by atoms with Crippen LogP contribution in [0.25, 0.3) is 5.57 Å². The fraction of sp³-hybridized carbons (Fsp3) is 0.176. The van der Waals surface area contributed by atoms with E-state index in [-0.39, 0.29) is 19.2 Å². The summed E-state index contributed by atoms with van der Waals surface area (Å²) < 4.78 is 65.4. The Kier molecular flexibility index (Phi) is 4.81. The minimum Gasteiger partial charge on any atom is -0.316 e. The lowest BCUT2D eigenvalue weighted by molar-refractivity contribution is -0.137. The monoisotopic (exact) mass is 403 g/mol. The first-order valence-electron chi connectivity index (χ1n) is 7.51. The zero-order valence-corrected chi connectivity index (χ0v) is 14.3. The number of fused-ring (bicyclic) bond motifs is 1. The summed E-state index contributed by atoms with van der Waals surface area (Å²) in [4.78, 5) is 17.1.